The Kier molecular flexibility index (Phi) is 14.6. The Labute approximate surface area is 388 Å². The van der Waals surface area contributed by atoms with Crippen LogP contribution in [-0.4, -0.2) is 114 Å². The minimum atomic E-state index is -0.594. The molecule has 0 radical (unpaired) electrons. The Bertz CT molecular complexity index is 2420. The predicted molar refractivity (Wildman–Crippen MR) is 255 cm³/mol. The molecule has 15 nitrogen and oxygen atoms in total. The number of nitro groups is 1. The molecule has 4 saturated heterocycles. The zero-order valence-corrected chi connectivity index (χ0v) is 39.1. The summed E-state index contributed by atoms with van der Waals surface area (Å²) in [6.45, 7) is 17.2. The SMILES string of the molecule is Cc1ccc(CN2CC3CN(C(=O)CNC(=O)c4cc(I)ccc4N)CC3C2)c(C)c1.Cc1ccc(CN2CC3CN(C(=O)CNC(=O)c4cc([N+](=O)[O-])ccc4N)CC3C2)c(C)c1. The number of hydrogen-bond acceptors (Lipinski definition) is 10. The number of carbonyl (C=O) groups is 4. The fourth-order valence-electron chi connectivity index (χ4n) is 9.68. The summed E-state index contributed by atoms with van der Waals surface area (Å²) in [5.74, 6) is 0.821. The van der Waals surface area contributed by atoms with Crippen molar-refractivity contribution in [2.75, 3.05) is 76.9 Å². The number of aryl methyl sites for hydroxylation is 4. The van der Waals surface area contributed by atoms with Crippen LogP contribution in [0.3, 0.4) is 0 Å². The summed E-state index contributed by atoms with van der Waals surface area (Å²) in [7, 11) is 0. The van der Waals surface area contributed by atoms with Crippen LogP contribution < -0.4 is 22.1 Å². The van der Waals surface area contributed by atoms with E-state index in [-0.39, 0.29) is 47.7 Å². The highest BCUT2D eigenvalue weighted by molar-refractivity contribution is 14.1. The number of nitrogen functional groups attached to an aromatic ring is 2. The van der Waals surface area contributed by atoms with E-state index in [9.17, 15) is 29.3 Å². The van der Waals surface area contributed by atoms with Crippen molar-refractivity contribution < 1.29 is 24.1 Å². The molecule has 0 aromatic heterocycles. The molecule has 64 heavy (non-hydrogen) atoms. The molecule has 4 aromatic carbocycles. The minimum absolute atomic E-state index is 0.00247. The number of anilines is 2. The van der Waals surface area contributed by atoms with Crippen molar-refractivity contribution in [1.29, 1.82) is 0 Å². The first-order valence-corrected chi connectivity index (χ1v) is 22.9. The van der Waals surface area contributed by atoms with Gasteiger partial charge < -0.3 is 31.9 Å². The summed E-state index contributed by atoms with van der Waals surface area (Å²) in [5, 5.41) is 16.2. The predicted octanol–water partition coefficient (Wildman–Crippen LogP) is 4.92. The van der Waals surface area contributed by atoms with Crippen molar-refractivity contribution in [2.45, 2.75) is 40.8 Å². The molecule has 4 amide bonds. The van der Waals surface area contributed by atoms with Gasteiger partial charge >= 0.3 is 0 Å². The zero-order valence-electron chi connectivity index (χ0n) is 36.9. The number of non-ortho nitro benzene ring substituents is 1. The van der Waals surface area contributed by atoms with Gasteiger partial charge in [0.1, 0.15) is 0 Å². The van der Waals surface area contributed by atoms with E-state index in [1.54, 1.807) is 17.0 Å². The highest BCUT2D eigenvalue weighted by Crippen LogP contribution is 2.34. The molecule has 4 heterocycles. The van der Waals surface area contributed by atoms with Crippen LogP contribution in [0.4, 0.5) is 17.1 Å². The van der Waals surface area contributed by atoms with Crippen molar-refractivity contribution in [3.05, 3.63) is 131 Å². The molecule has 16 heteroatoms. The third-order valence-electron chi connectivity index (χ3n) is 13.2. The lowest BCUT2D eigenvalue weighted by atomic mass is 10.0. The second-order valence-corrected chi connectivity index (χ2v) is 19.3. The van der Waals surface area contributed by atoms with Crippen molar-refractivity contribution in [2.24, 2.45) is 23.7 Å². The molecule has 4 fully saturated rings. The fourth-order valence-corrected chi connectivity index (χ4v) is 10.2. The largest absolute Gasteiger partial charge is 0.398 e. The molecule has 0 bridgehead atoms. The van der Waals surface area contributed by atoms with Gasteiger partial charge in [-0.2, -0.15) is 0 Å². The molecule has 0 aliphatic carbocycles. The number of nitrogens with one attached hydrogen (secondary N) is 2. The van der Waals surface area contributed by atoms with Crippen LogP contribution in [0.1, 0.15) is 54.1 Å². The normalized spacial score (nSPS) is 20.3. The molecule has 4 atom stereocenters. The monoisotopic (exact) mass is 983 g/mol. The molecule has 4 aliphatic heterocycles. The third kappa shape index (κ3) is 11.2. The summed E-state index contributed by atoms with van der Waals surface area (Å²) in [5.41, 5.74) is 20.4. The second kappa shape index (κ2) is 20.1. The first-order chi connectivity index (χ1) is 30.5. The molecular formula is C48H58IN9O6. The average Bonchev–Trinajstić information content (AvgIpc) is 4.03. The first-order valence-electron chi connectivity index (χ1n) is 21.8. The number of nitro benzene ring substituents is 1. The molecule has 0 spiro atoms. The zero-order chi connectivity index (χ0) is 45.8. The summed E-state index contributed by atoms with van der Waals surface area (Å²) < 4.78 is 0.932. The smallest absolute Gasteiger partial charge is 0.270 e. The van der Waals surface area contributed by atoms with E-state index in [0.717, 1.165) is 62.0 Å². The highest BCUT2D eigenvalue weighted by Gasteiger charge is 2.42. The Balaban J connectivity index is 0.000000192. The number of nitrogens with zero attached hydrogens (tertiary/aromatic N) is 5. The highest BCUT2D eigenvalue weighted by atomic mass is 127. The minimum Gasteiger partial charge on any atom is -0.398 e. The number of amides is 4. The number of likely N-dealkylation sites (tertiary alicyclic amines) is 4. The lowest BCUT2D eigenvalue weighted by Crippen LogP contribution is -2.40. The van der Waals surface area contributed by atoms with Gasteiger partial charge in [-0.05, 0) is 120 Å². The van der Waals surface area contributed by atoms with Gasteiger partial charge in [0.15, 0.2) is 0 Å². The molecule has 4 aromatic rings. The van der Waals surface area contributed by atoms with Crippen LogP contribution in [0.25, 0.3) is 0 Å². The Morgan fingerprint density at radius 2 is 1.02 bits per heavy atom. The van der Waals surface area contributed by atoms with Gasteiger partial charge in [-0.3, -0.25) is 39.1 Å². The van der Waals surface area contributed by atoms with E-state index in [0.29, 0.717) is 48.0 Å². The maximum absolute atomic E-state index is 12.7. The number of carbonyl (C=O) groups excluding carboxylic acids is 4. The molecule has 338 valence electrons. The quantitative estimate of drug-likeness (QED) is 0.0692. The number of benzene rings is 4. The Morgan fingerprint density at radius 3 is 1.42 bits per heavy atom. The van der Waals surface area contributed by atoms with Gasteiger partial charge in [0, 0.05) is 92.5 Å². The van der Waals surface area contributed by atoms with Crippen LogP contribution in [0, 0.1) is 65.1 Å². The van der Waals surface area contributed by atoms with E-state index in [4.69, 9.17) is 11.5 Å². The van der Waals surface area contributed by atoms with E-state index >= 15 is 0 Å². The van der Waals surface area contributed by atoms with Crippen LogP contribution in [0.15, 0.2) is 72.8 Å². The van der Waals surface area contributed by atoms with Gasteiger partial charge in [0.2, 0.25) is 11.8 Å². The van der Waals surface area contributed by atoms with Gasteiger partial charge in [0.05, 0.1) is 29.1 Å². The number of fused-ring (bicyclic) bond motifs is 2. The van der Waals surface area contributed by atoms with E-state index in [1.165, 1.54) is 45.5 Å². The van der Waals surface area contributed by atoms with Gasteiger partial charge in [-0.1, -0.05) is 47.5 Å². The molecule has 8 rings (SSSR count). The second-order valence-electron chi connectivity index (χ2n) is 18.0. The van der Waals surface area contributed by atoms with Gasteiger partial charge in [-0.25, -0.2) is 0 Å². The van der Waals surface area contributed by atoms with E-state index in [2.05, 4.69) is 107 Å². The molecule has 0 saturated carbocycles. The average molecular weight is 984 g/mol. The summed E-state index contributed by atoms with van der Waals surface area (Å²) in [4.78, 5) is 69.3. The first kappa shape index (κ1) is 46.4. The van der Waals surface area contributed by atoms with Crippen LogP contribution in [-0.2, 0) is 22.7 Å². The number of hydrogen-bond donors (Lipinski definition) is 4. The topological polar surface area (TPSA) is 200 Å². The Morgan fingerprint density at radius 1 is 0.609 bits per heavy atom. The van der Waals surface area contributed by atoms with Crippen molar-refractivity contribution in [3.8, 4) is 0 Å². The van der Waals surface area contributed by atoms with Crippen molar-refractivity contribution in [1.82, 2.24) is 30.2 Å². The van der Waals surface area contributed by atoms with Crippen molar-refractivity contribution >= 4 is 63.3 Å². The summed E-state index contributed by atoms with van der Waals surface area (Å²) >= 11 is 2.14. The van der Waals surface area contributed by atoms with Gasteiger partial charge in [0.25, 0.3) is 17.5 Å². The maximum Gasteiger partial charge on any atom is 0.270 e. The maximum atomic E-state index is 12.7. The van der Waals surface area contributed by atoms with E-state index in [1.807, 2.05) is 11.0 Å². The lowest BCUT2D eigenvalue weighted by molar-refractivity contribution is -0.384. The number of nitrogens with two attached hydrogens (primary N) is 2. The third-order valence-corrected chi connectivity index (χ3v) is 13.8. The van der Waals surface area contributed by atoms with Crippen LogP contribution >= 0.6 is 22.6 Å². The fraction of sp³-hybridized carbons (Fsp3) is 0.417. The number of rotatable bonds is 11. The lowest BCUT2D eigenvalue weighted by Gasteiger charge is -2.22. The number of halogens is 1. The van der Waals surface area contributed by atoms with Gasteiger partial charge in [-0.15, -0.1) is 0 Å². The van der Waals surface area contributed by atoms with Crippen LogP contribution in [0.5, 0.6) is 0 Å². The molecular weight excluding hydrogens is 925 g/mol. The molecule has 4 unspecified atom stereocenters. The summed E-state index contributed by atoms with van der Waals surface area (Å²) in [6, 6.07) is 22.2. The van der Waals surface area contributed by atoms with Crippen molar-refractivity contribution in [3.63, 3.8) is 0 Å². The van der Waals surface area contributed by atoms with Crippen LogP contribution in [0.2, 0.25) is 0 Å². The molecule has 4 aliphatic rings. The van der Waals surface area contributed by atoms with E-state index < -0.39 is 10.8 Å². The summed E-state index contributed by atoms with van der Waals surface area (Å²) in [6.07, 6.45) is 0. The Hall–Kier alpha value is -5.59. The standard InChI is InChI=1S/C24H29IN4O2.C24H29N5O4/c1-15-3-4-17(16(2)7-15)10-28-11-18-13-29(14-19(18)12-28)23(30)9-27-24(31)21-8-20(25)5-6-22(21)26;1-15-3-4-17(16(2)7-15)10-27-11-18-13-28(14-19(18)12-27)23(30)9-26-24(31)21-8-20(29(32)33)5-6-22(21)25/h3-8,18-19H,9-14,26H2,1-2H3,(H,27,31);3-8,18-19H,9-14,25H2,1-2H3,(H,26,31). The molecule has 6 N–H and O–H groups in total.